The van der Waals surface area contributed by atoms with E-state index in [1.165, 1.54) is 6.33 Å². The van der Waals surface area contributed by atoms with Gasteiger partial charge in [-0.15, -0.1) is 0 Å². The van der Waals surface area contributed by atoms with Gasteiger partial charge in [0.05, 0.1) is 22.5 Å². The van der Waals surface area contributed by atoms with E-state index in [0.717, 1.165) is 47.8 Å². The maximum atomic E-state index is 12.5. The van der Waals surface area contributed by atoms with Crippen LogP contribution in [0.4, 0.5) is 0 Å². The number of rotatable bonds is 4. The summed E-state index contributed by atoms with van der Waals surface area (Å²) in [6.45, 7) is 5.23. The molecule has 1 saturated heterocycles. The van der Waals surface area contributed by atoms with Crippen LogP contribution in [0.1, 0.15) is 33.9 Å². The zero-order chi connectivity index (χ0) is 18.8. The number of hydrogen-bond acceptors (Lipinski definition) is 7. The lowest BCUT2D eigenvalue weighted by Crippen LogP contribution is -2.29. The third-order valence-corrected chi connectivity index (χ3v) is 4.89. The number of aryl methyl sites for hydroxylation is 2. The molecule has 1 aliphatic heterocycles. The molecule has 1 fully saturated rings. The van der Waals surface area contributed by atoms with E-state index in [9.17, 15) is 4.79 Å². The van der Waals surface area contributed by atoms with Gasteiger partial charge in [0.25, 0.3) is 5.91 Å². The Bertz CT molecular complexity index is 936. The highest BCUT2D eigenvalue weighted by Crippen LogP contribution is 2.27. The van der Waals surface area contributed by atoms with Crippen LogP contribution in [0.3, 0.4) is 0 Å². The number of carbonyl (C=O) groups excluding carboxylic acids is 1. The zero-order valence-corrected chi connectivity index (χ0v) is 15.3. The molecule has 0 bridgehead atoms. The molecule has 3 aromatic rings. The minimum Gasteiger partial charge on any atom is -0.361 e. The Labute approximate surface area is 156 Å². The summed E-state index contributed by atoms with van der Waals surface area (Å²) in [5.74, 6) is 1.10. The molecule has 4 rings (SSSR count). The van der Waals surface area contributed by atoms with Crippen molar-refractivity contribution in [3.63, 3.8) is 0 Å². The van der Waals surface area contributed by atoms with Gasteiger partial charge in [-0.2, -0.15) is 0 Å². The van der Waals surface area contributed by atoms with Crippen molar-refractivity contribution < 1.29 is 9.32 Å². The van der Waals surface area contributed by atoms with E-state index >= 15 is 0 Å². The fourth-order valence-electron chi connectivity index (χ4n) is 3.57. The van der Waals surface area contributed by atoms with E-state index in [-0.39, 0.29) is 5.91 Å². The van der Waals surface area contributed by atoms with E-state index in [1.54, 1.807) is 18.7 Å². The second-order valence-electron chi connectivity index (χ2n) is 6.83. The number of amides is 1. The van der Waals surface area contributed by atoms with Crippen LogP contribution in [0.25, 0.3) is 11.3 Å². The first-order valence-corrected chi connectivity index (χ1v) is 8.90. The first-order chi connectivity index (χ1) is 13.1. The molecule has 0 unspecified atom stereocenters. The SMILES string of the molecule is Cc1noc(C)c1-c1cc(C[C@@H]2CCN(C(=O)c3cncnc3)C2)ncn1. The summed E-state index contributed by atoms with van der Waals surface area (Å²) in [6, 6.07) is 1.99. The molecule has 0 N–H and O–H groups in total. The smallest absolute Gasteiger partial charge is 0.256 e. The molecule has 3 aromatic heterocycles. The van der Waals surface area contributed by atoms with Crippen LogP contribution in [-0.4, -0.2) is 49.0 Å². The molecule has 27 heavy (non-hydrogen) atoms. The van der Waals surface area contributed by atoms with Crippen molar-refractivity contribution in [1.29, 1.82) is 0 Å². The average Bonchev–Trinajstić information content (AvgIpc) is 3.28. The molecule has 1 atom stereocenters. The summed E-state index contributed by atoms with van der Waals surface area (Å²) in [5, 5.41) is 3.99. The maximum absolute atomic E-state index is 12.5. The second kappa shape index (κ2) is 7.22. The number of nitrogens with zero attached hydrogens (tertiary/aromatic N) is 6. The standard InChI is InChI=1S/C19H20N6O2/c1-12-18(13(2)27-24-12)17-6-16(22-11-23-17)5-14-3-4-25(9-14)19(26)15-7-20-10-21-8-15/h6-8,10-11,14H,3-5,9H2,1-2H3/t14-/m0/s1. The number of carbonyl (C=O) groups is 1. The lowest BCUT2D eigenvalue weighted by atomic mass is 10.0. The molecule has 0 aliphatic carbocycles. The topological polar surface area (TPSA) is 97.9 Å². The highest BCUT2D eigenvalue weighted by atomic mass is 16.5. The van der Waals surface area contributed by atoms with Crippen LogP contribution in [-0.2, 0) is 6.42 Å². The van der Waals surface area contributed by atoms with Gasteiger partial charge < -0.3 is 9.42 Å². The Kier molecular flexibility index (Phi) is 4.62. The maximum Gasteiger partial charge on any atom is 0.256 e. The monoisotopic (exact) mass is 364 g/mol. The number of likely N-dealkylation sites (tertiary alicyclic amines) is 1. The Morgan fingerprint density at radius 3 is 2.78 bits per heavy atom. The molecule has 1 amide bonds. The van der Waals surface area contributed by atoms with Gasteiger partial charge in [-0.25, -0.2) is 19.9 Å². The Morgan fingerprint density at radius 2 is 2.04 bits per heavy atom. The Balaban J connectivity index is 1.45. The van der Waals surface area contributed by atoms with E-state index < -0.39 is 0 Å². The zero-order valence-electron chi connectivity index (χ0n) is 15.3. The minimum absolute atomic E-state index is 0.0165. The predicted molar refractivity (Wildman–Crippen MR) is 96.7 cm³/mol. The van der Waals surface area contributed by atoms with Crippen LogP contribution in [0.2, 0.25) is 0 Å². The number of aromatic nitrogens is 5. The van der Waals surface area contributed by atoms with Gasteiger partial charge in [0.1, 0.15) is 18.4 Å². The molecular weight excluding hydrogens is 344 g/mol. The normalized spacial score (nSPS) is 16.7. The molecule has 4 heterocycles. The second-order valence-corrected chi connectivity index (χ2v) is 6.83. The van der Waals surface area contributed by atoms with E-state index in [2.05, 4.69) is 25.1 Å². The fourth-order valence-corrected chi connectivity index (χ4v) is 3.57. The highest BCUT2D eigenvalue weighted by Gasteiger charge is 2.28. The Morgan fingerprint density at radius 1 is 1.22 bits per heavy atom. The van der Waals surface area contributed by atoms with Crippen LogP contribution in [0.5, 0.6) is 0 Å². The van der Waals surface area contributed by atoms with Gasteiger partial charge in [0, 0.05) is 31.2 Å². The van der Waals surface area contributed by atoms with E-state index in [4.69, 9.17) is 4.52 Å². The average molecular weight is 364 g/mol. The largest absolute Gasteiger partial charge is 0.361 e. The van der Waals surface area contributed by atoms with Crippen molar-refractivity contribution >= 4 is 5.91 Å². The van der Waals surface area contributed by atoms with Crippen molar-refractivity contribution in [3.05, 3.63) is 53.8 Å². The summed E-state index contributed by atoms with van der Waals surface area (Å²) in [4.78, 5) is 31.0. The molecule has 8 heteroatoms. The first kappa shape index (κ1) is 17.3. The van der Waals surface area contributed by atoms with Gasteiger partial charge in [0.15, 0.2) is 0 Å². The number of hydrogen-bond donors (Lipinski definition) is 0. The molecule has 138 valence electrons. The lowest BCUT2D eigenvalue weighted by molar-refractivity contribution is 0.0786. The first-order valence-electron chi connectivity index (χ1n) is 8.90. The molecule has 0 radical (unpaired) electrons. The summed E-state index contributed by atoms with van der Waals surface area (Å²) < 4.78 is 5.24. The summed E-state index contributed by atoms with van der Waals surface area (Å²) in [7, 11) is 0. The van der Waals surface area contributed by atoms with Gasteiger partial charge in [-0.1, -0.05) is 5.16 Å². The molecule has 1 aliphatic rings. The summed E-state index contributed by atoms with van der Waals surface area (Å²) in [6.07, 6.45) is 7.87. The summed E-state index contributed by atoms with van der Waals surface area (Å²) in [5.41, 5.74) is 4.05. The van der Waals surface area contributed by atoms with Crippen molar-refractivity contribution in [2.45, 2.75) is 26.7 Å². The highest BCUT2D eigenvalue weighted by molar-refractivity contribution is 5.93. The van der Waals surface area contributed by atoms with E-state index in [0.29, 0.717) is 18.0 Å². The quantitative estimate of drug-likeness (QED) is 0.700. The van der Waals surface area contributed by atoms with Crippen LogP contribution < -0.4 is 0 Å². The predicted octanol–water partition coefficient (Wildman–Crippen LogP) is 2.24. The van der Waals surface area contributed by atoms with E-state index in [1.807, 2.05) is 24.8 Å². The molecule has 8 nitrogen and oxygen atoms in total. The van der Waals surface area contributed by atoms with Crippen molar-refractivity contribution in [3.8, 4) is 11.3 Å². The summed E-state index contributed by atoms with van der Waals surface area (Å²) >= 11 is 0. The third-order valence-electron chi connectivity index (χ3n) is 4.89. The Hall–Kier alpha value is -3.16. The minimum atomic E-state index is -0.0165. The van der Waals surface area contributed by atoms with Crippen LogP contribution in [0, 0.1) is 19.8 Å². The van der Waals surface area contributed by atoms with Gasteiger partial charge in [-0.05, 0) is 38.7 Å². The molecule has 0 spiro atoms. The third kappa shape index (κ3) is 3.55. The fraction of sp³-hybridized carbons (Fsp3) is 0.368. The van der Waals surface area contributed by atoms with Crippen LogP contribution >= 0.6 is 0 Å². The lowest BCUT2D eigenvalue weighted by Gasteiger charge is -2.16. The van der Waals surface area contributed by atoms with Gasteiger partial charge >= 0.3 is 0 Å². The molecular formula is C19H20N6O2. The van der Waals surface area contributed by atoms with Crippen LogP contribution in [0.15, 0.2) is 35.6 Å². The molecule has 0 saturated carbocycles. The van der Waals surface area contributed by atoms with Crippen molar-refractivity contribution in [2.75, 3.05) is 13.1 Å². The van der Waals surface area contributed by atoms with Gasteiger partial charge in [0.2, 0.25) is 0 Å². The van der Waals surface area contributed by atoms with Crippen molar-refractivity contribution in [2.24, 2.45) is 5.92 Å². The van der Waals surface area contributed by atoms with Gasteiger partial charge in [-0.3, -0.25) is 4.79 Å². The molecule has 0 aromatic carbocycles. The van der Waals surface area contributed by atoms with Crippen molar-refractivity contribution in [1.82, 2.24) is 30.0 Å².